The highest BCUT2D eigenvalue weighted by Crippen LogP contribution is 1.73. The number of carbonyl (C=O) groups excluding carboxylic acids is 1. The van der Waals surface area contributed by atoms with Crippen LogP contribution >= 0.6 is 0 Å². The van der Waals surface area contributed by atoms with Crippen LogP contribution in [0, 0.1) is 0 Å². The third kappa shape index (κ3) is 3.80. The topological polar surface area (TPSA) is 35.5 Å². The Morgan fingerprint density at radius 1 is 1.75 bits per heavy atom. The lowest BCUT2D eigenvalue weighted by Gasteiger charge is -1.94. The van der Waals surface area contributed by atoms with E-state index in [1.165, 1.54) is 7.48 Å². The summed E-state index contributed by atoms with van der Waals surface area (Å²) in [5.74, 6) is -0.705. The maximum Gasteiger partial charge on any atom is 0.417 e. The third-order valence-electron chi connectivity index (χ3n) is 0.417. The molecule has 0 saturated carbocycles. The Kier molecular flexibility index (Phi) is 4.55. The highest BCUT2D eigenvalue weighted by atomic mass is 16.5. The van der Waals surface area contributed by atoms with E-state index < -0.39 is 5.87 Å². The molecule has 0 aliphatic rings. The van der Waals surface area contributed by atoms with Gasteiger partial charge in [-0.25, -0.2) is 0 Å². The van der Waals surface area contributed by atoms with E-state index in [4.69, 9.17) is 0 Å². The molecule has 0 saturated heterocycles. The van der Waals surface area contributed by atoms with Crippen LogP contribution in [0.5, 0.6) is 0 Å². The summed E-state index contributed by atoms with van der Waals surface area (Å²) in [6, 6.07) is 0. The molecule has 38 valence electrons. The minimum atomic E-state index is -0.705. The molecule has 0 aromatic carbocycles. The van der Waals surface area contributed by atoms with Crippen LogP contribution in [0.4, 0.5) is 4.79 Å². The van der Waals surface area contributed by atoms with Gasteiger partial charge in [0.2, 0.25) is 0 Å². The first-order chi connectivity index (χ1) is 3.81. The van der Waals surface area contributed by atoms with Crippen LogP contribution in [0.25, 0.3) is 0 Å². The summed E-state index contributed by atoms with van der Waals surface area (Å²) in [6.45, 7) is 1.63. The lowest BCUT2D eigenvalue weighted by Crippen LogP contribution is -2.14. The van der Waals surface area contributed by atoms with E-state index in [0.29, 0.717) is 0 Å². The molecule has 0 fully saturated rings. The molecule has 0 bridgehead atoms. The Labute approximate surface area is 50.7 Å². The van der Waals surface area contributed by atoms with Gasteiger partial charge in [-0.05, 0) is 0 Å². The Hall–Kier alpha value is -0.375. The average Bonchev–Trinajstić information content (AvgIpc) is 1.83. The summed E-state index contributed by atoms with van der Waals surface area (Å²) in [5.41, 5.74) is 0. The highest BCUT2D eigenvalue weighted by Gasteiger charge is 2.01. The van der Waals surface area contributed by atoms with Crippen molar-refractivity contribution in [2.24, 2.45) is 0 Å². The largest absolute Gasteiger partial charge is 0.549 e. The van der Waals surface area contributed by atoms with E-state index in [-0.39, 0.29) is 0 Å². The molecule has 0 aliphatic heterocycles. The molecule has 8 heavy (non-hydrogen) atoms. The molecular weight excluding hydrogens is 104 g/mol. The summed E-state index contributed by atoms with van der Waals surface area (Å²) in [5, 5.41) is 0. The van der Waals surface area contributed by atoms with E-state index in [0.717, 1.165) is 7.48 Å². The zero-order valence-electron chi connectivity index (χ0n) is 4.46. The molecule has 0 aromatic rings. The molecule has 0 rings (SSSR count). The van der Waals surface area contributed by atoms with Crippen LogP contribution in [0.2, 0.25) is 6.82 Å². The van der Waals surface area contributed by atoms with Crippen molar-refractivity contribution in [2.45, 2.75) is 6.82 Å². The second kappa shape index (κ2) is 4.78. The molecule has 0 atom stereocenters. The van der Waals surface area contributed by atoms with Crippen LogP contribution in [-0.2, 0) is 9.23 Å². The van der Waals surface area contributed by atoms with Crippen LogP contribution in [0.15, 0.2) is 0 Å². The van der Waals surface area contributed by atoms with E-state index in [1.807, 2.05) is 0 Å². The molecule has 0 unspecified atom stereocenters. The Balaban J connectivity index is 2.99. The Morgan fingerprint density at radius 2 is 2.38 bits per heavy atom. The molecule has 0 N–H and O–H groups in total. The average molecular weight is 107 g/mol. The zero-order valence-corrected chi connectivity index (χ0v) is 4.46. The van der Waals surface area contributed by atoms with Gasteiger partial charge in [-0.15, -0.1) is 0 Å². The van der Waals surface area contributed by atoms with Crippen molar-refractivity contribution in [3.8, 4) is 0 Å². The van der Waals surface area contributed by atoms with Crippen molar-refractivity contribution in [3.63, 3.8) is 0 Å². The third-order valence-corrected chi connectivity index (χ3v) is 0.417. The molecule has 0 aromatic heterocycles. The molecule has 6 heteroatoms. The van der Waals surface area contributed by atoms with Gasteiger partial charge >= 0.3 is 15.5 Å². The number of carbonyl (C=O) groups is 1. The fourth-order valence-electron chi connectivity index (χ4n) is 0.151. The van der Waals surface area contributed by atoms with Crippen LogP contribution < -0.4 is 0 Å². The molecule has 4 radical (unpaired) electrons. The van der Waals surface area contributed by atoms with Gasteiger partial charge in [0, 0.05) is 0 Å². The predicted octanol–water partition coefficient (Wildman–Crippen LogP) is -0.490. The summed E-state index contributed by atoms with van der Waals surface area (Å²) >= 11 is 0. The minimum absolute atomic E-state index is 0.705. The van der Waals surface area contributed by atoms with Gasteiger partial charge in [-0.2, -0.15) is 0 Å². The molecule has 3 nitrogen and oxygen atoms in total. The standard InChI is InChI=1S/C2H3B3O3/c1-4-8-5-2(6)7-3/h1H3. The quantitative estimate of drug-likeness (QED) is 0.457. The normalized spacial score (nSPS) is 7.62. The van der Waals surface area contributed by atoms with Gasteiger partial charge < -0.3 is 9.23 Å². The highest BCUT2D eigenvalue weighted by molar-refractivity contribution is 6.71. The lowest BCUT2D eigenvalue weighted by molar-refractivity contribution is 0.226. The maximum absolute atomic E-state index is 10.0. The van der Waals surface area contributed by atoms with E-state index >= 15 is 0 Å². The fourth-order valence-corrected chi connectivity index (χ4v) is 0.151. The van der Waals surface area contributed by atoms with E-state index in [9.17, 15) is 4.79 Å². The minimum Gasteiger partial charge on any atom is -0.549 e. The van der Waals surface area contributed by atoms with Crippen molar-refractivity contribution in [2.75, 3.05) is 0 Å². The fraction of sp³-hybridized carbons (Fsp3) is 0.500. The van der Waals surface area contributed by atoms with Crippen LogP contribution in [-0.4, -0.2) is 28.9 Å². The molecule has 0 aliphatic carbocycles. The van der Waals surface area contributed by atoms with Crippen LogP contribution in [0.1, 0.15) is 0 Å². The lowest BCUT2D eigenvalue weighted by atomic mass is 9.95. The number of hydrogen-bond acceptors (Lipinski definition) is 3. The predicted molar refractivity (Wildman–Crippen MR) is 30.7 cm³/mol. The summed E-state index contributed by atoms with van der Waals surface area (Å²) in [6.07, 6.45) is 0. The second-order valence-corrected chi connectivity index (χ2v) is 0.927. The molecular formula is C2H3B3O3. The monoisotopic (exact) mass is 108 g/mol. The zero-order chi connectivity index (χ0) is 6.41. The first-order valence-corrected chi connectivity index (χ1v) is 1.98. The van der Waals surface area contributed by atoms with E-state index in [1.54, 1.807) is 6.82 Å². The SMILES string of the molecule is [B]OC(=O)[B]O[B]C. The van der Waals surface area contributed by atoms with Crippen LogP contribution in [0.3, 0.4) is 0 Å². The van der Waals surface area contributed by atoms with Gasteiger partial charge in [0.05, 0.1) is 0 Å². The summed E-state index contributed by atoms with van der Waals surface area (Å²) in [7, 11) is 6.63. The molecule has 0 spiro atoms. The first-order valence-electron chi connectivity index (χ1n) is 1.98. The van der Waals surface area contributed by atoms with Crippen molar-refractivity contribution < 1.29 is 14.0 Å². The van der Waals surface area contributed by atoms with Crippen molar-refractivity contribution in [1.29, 1.82) is 0 Å². The summed E-state index contributed by atoms with van der Waals surface area (Å²) < 4.78 is 8.09. The first kappa shape index (κ1) is 7.62. The Bertz CT molecular complexity index is 74.9. The number of hydrogen-bond donors (Lipinski definition) is 0. The van der Waals surface area contributed by atoms with Gasteiger partial charge in [0.25, 0.3) is 13.4 Å². The van der Waals surface area contributed by atoms with Crippen molar-refractivity contribution in [3.05, 3.63) is 0 Å². The Morgan fingerprint density at radius 3 is 2.75 bits per heavy atom. The molecule has 0 heterocycles. The number of rotatable bonds is 3. The van der Waals surface area contributed by atoms with E-state index in [2.05, 4.69) is 17.3 Å². The van der Waals surface area contributed by atoms with Gasteiger partial charge in [-0.1, -0.05) is 6.82 Å². The van der Waals surface area contributed by atoms with Gasteiger partial charge in [0.1, 0.15) is 0 Å². The van der Waals surface area contributed by atoms with Crippen molar-refractivity contribution in [1.82, 2.24) is 0 Å². The molecule has 0 amide bonds. The summed E-state index contributed by atoms with van der Waals surface area (Å²) in [4.78, 5) is 10.0. The smallest absolute Gasteiger partial charge is 0.417 e. The van der Waals surface area contributed by atoms with Gasteiger partial charge in [0.15, 0.2) is 0 Å². The van der Waals surface area contributed by atoms with Crippen molar-refractivity contribution >= 4 is 28.9 Å². The maximum atomic E-state index is 10.0. The second-order valence-electron chi connectivity index (χ2n) is 0.927. The van der Waals surface area contributed by atoms with Gasteiger partial charge in [-0.3, -0.25) is 4.79 Å².